The first-order valence-electron chi connectivity index (χ1n) is 12.2. The second kappa shape index (κ2) is 7.53. The van der Waals surface area contributed by atoms with E-state index in [0.29, 0.717) is 16.8 Å². The normalized spacial score (nSPS) is 18.8. The molecule has 3 aromatic rings. The molecule has 0 spiro atoms. The first-order chi connectivity index (χ1) is 17.1. The summed E-state index contributed by atoms with van der Waals surface area (Å²) in [5, 5.41) is 0. The summed E-state index contributed by atoms with van der Waals surface area (Å²) >= 11 is 0. The standard InChI is InChI=1S/C30H28N2O4/c1-29(2)15-18-14-23(35-5)26-22(16-30(3,4)36-26)24(18)25(31-29)17-9-8-10-19(13-17)32-27(33)20-11-6-7-12-21(20)28(32)34/h6-14H,15-16H2,1-5H3. The lowest BCUT2D eigenvalue weighted by Gasteiger charge is -2.31. The maximum atomic E-state index is 13.1. The molecule has 3 aromatic carbocycles. The minimum atomic E-state index is -0.356. The fourth-order valence-electron chi connectivity index (χ4n) is 5.65. The highest BCUT2D eigenvalue weighted by molar-refractivity contribution is 6.34. The number of fused-ring (bicyclic) bond motifs is 4. The zero-order valence-electron chi connectivity index (χ0n) is 21.1. The molecule has 182 valence electrons. The van der Waals surface area contributed by atoms with Crippen LogP contribution < -0.4 is 14.4 Å². The smallest absolute Gasteiger partial charge is 0.266 e. The van der Waals surface area contributed by atoms with E-state index in [1.165, 1.54) is 4.90 Å². The predicted octanol–water partition coefficient (Wildman–Crippen LogP) is 5.38. The van der Waals surface area contributed by atoms with Crippen LogP contribution in [0.2, 0.25) is 0 Å². The Hall–Kier alpha value is -3.93. The molecule has 0 saturated heterocycles. The molecule has 0 saturated carbocycles. The van der Waals surface area contributed by atoms with Crippen molar-refractivity contribution in [2.75, 3.05) is 12.0 Å². The summed E-state index contributed by atoms with van der Waals surface area (Å²) < 4.78 is 12.0. The third-order valence-electron chi connectivity index (χ3n) is 7.07. The highest BCUT2D eigenvalue weighted by atomic mass is 16.5. The van der Waals surface area contributed by atoms with Crippen LogP contribution in [0, 0.1) is 0 Å². The maximum Gasteiger partial charge on any atom is 0.266 e. The van der Waals surface area contributed by atoms with Gasteiger partial charge in [-0.3, -0.25) is 14.6 Å². The van der Waals surface area contributed by atoms with E-state index in [2.05, 4.69) is 33.8 Å². The van der Waals surface area contributed by atoms with Crippen LogP contribution in [0.1, 0.15) is 70.7 Å². The van der Waals surface area contributed by atoms with Gasteiger partial charge in [-0.25, -0.2) is 4.90 Å². The van der Waals surface area contributed by atoms with Crippen LogP contribution in [-0.4, -0.2) is 35.8 Å². The number of hydrogen-bond acceptors (Lipinski definition) is 5. The van der Waals surface area contributed by atoms with Crippen LogP contribution in [0.25, 0.3) is 0 Å². The molecule has 6 nitrogen and oxygen atoms in total. The number of nitrogens with zero attached hydrogens (tertiary/aromatic N) is 2. The summed E-state index contributed by atoms with van der Waals surface area (Å²) in [4.78, 5) is 32.7. The van der Waals surface area contributed by atoms with Crippen molar-refractivity contribution in [3.63, 3.8) is 0 Å². The Labute approximate surface area is 210 Å². The van der Waals surface area contributed by atoms with Crippen molar-refractivity contribution in [1.29, 1.82) is 0 Å². The Morgan fingerprint density at radius 1 is 0.917 bits per heavy atom. The fourth-order valence-corrected chi connectivity index (χ4v) is 5.65. The average molecular weight is 481 g/mol. The molecule has 3 heterocycles. The lowest BCUT2D eigenvalue weighted by atomic mass is 9.81. The number of ether oxygens (including phenoxy) is 2. The molecule has 2 amide bonds. The van der Waals surface area contributed by atoms with Crippen LogP contribution in [0.5, 0.6) is 11.5 Å². The second-order valence-corrected chi connectivity index (χ2v) is 11.0. The molecular formula is C30H28N2O4. The van der Waals surface area contributed by atoms with Crippen molar-refractivity contribution in [2.45, 2.75) is 51.7 Å². The van der Waals surface area contributed by atoms with Crippen LogP contribution in [-0.2, 0) is 12.8 Å². The van der Waals surface area contributed by atoms with Crippen LogP contribution in [0.4, 0.5) is 5.69 Å². The summed E-state index contributed by atoms with van der Waals surface area (Å²) in [6.45, 7) is 8.38. The summed E-state index contributed by atoms with van der Waals surface area (Å²) in [7, 11) is 1.67. The van der Waals surface area contributed by atoms with E-state index < -0.39 is 0 Å². The van der Waals surface area contributed by atoms with Crippen LogP contribution >= 0.6 is 0 Å². The summed E-state index contributed by atoms with van der Waals surface area (Å²) in [6, 6.07) is 16.6. The zero-order chi connectivity index (χ0) is 25.4. The van der Waals surface area contributed by atoms with Gasteiger partial charge >= 0.3 is 0 Å². The van der Waals surface area contributed by atoms with Gasteiger partial charge in [0.2, 0.25) is 0 Å². The predicted molar refractivity (Wildman–Crippen MR) is 139 cm³/mol. The van der Waals surface area contributed by atoms with E-state index in [-0.39, 0.29) is 23.0 Å². The molecule has 0 unspecified atom stereocenters. The summed E-state index contributed by atoms with van der Waals surface area (Å²) in [5.74, 6) is 0.899. The number of carbonyl (C=O) groups is 2. The van der Waals surface area contributed by atoms with Crippen molar-refractivity contribution >= 4 is 23.2 Å². The monoisotopic (exact) mass is 480 g/mol. The highest BCUT2D eigenvalue weighted by Gasteiger charge is 2.40. The molecule has 0 bridgehead atoms. The Bertz CT molecular complexity index is 1460. The Balaban J connectivity index is 1.50. The maximum absolute atomic E-state index is 13.1. The lowest BCUT2D eigenvalue weighted by Crippen LogP contribution is -2.31. The van der Waals surface area contributed by atoms with Crippen molar-refractivity contribution in [3.8, 4) is 11.5 Å². The van der Waals surface area contributed by atoms with Gasteiger partial charge in [0.05, 0.1) is 35.2 Å². The number of benzene rings is 3. The van der Waals surface area contributed by atoms with Gasteiger partial charge in [0, 0.05) is 23.1 Å². The van der Waals surface area contributed by atoms with E-state index in [4.69, 9.17) is 14.5 Å². The molecule has 0 aliphatic carbocycles. The van der Waals surface area contributed by atoms with Crippen LogP contribution in [0.15, 0.2) is 59.6 Å². The van der Waals surface area contributed by atoms with E-state index in [1.807, 2.05) is 18.2 Å². The molecule has 0 radical (unpaired) electrons. The van der Waals surface area contributed by atoms with E-state index in [0.717, 1.165) is 52.3 Å². The first-order valence-corrected chi connectivity index (χ1v) is 12.2. The van der Waals surface area contributed by atoms with E-state index >= 15 is 0 Å². The van der Waals surface area contributed by atoms with Crippen molar-refractivity contribution in [3.05, 3.63) is 88.0 Å². The molecule has 3 aliphatic rings. The molecule has 0 atom stereocenters. The molecule has 3 aliphatic heterocycles. The van der Waals surface area contributed by atoms with Gasteiger partial charge in [0.15, 0.2) is 11.5 Å². The zero-order valence-corrected chi connectivity index (χ0v) is 21.1. The summed E-state index contributed by atoms with van der Waals surface area (Å²) in [6.07, 6.45) is 1.51. The molecular weight excluding hydrogens is 452 g/mol. The van der Waals surface area contributed by atoms with Gasteiger partial charge in [0.25, 0.3) is 11.8 Å². The average Bonchev–Trinajstić information content (AvgIpc) is 3.29. The molecule has 36 heavy (non-hydrogen) atoms. The van der Waals surface area contributed by atoms with E-state index in [9.17, 15) is 9.59 Å². The number of hydrogen-bond donors (Lipinski definition) is 0. The van der Waals surface area contributed by atoms with Gasteiger partial charge in [-0.2, -0.15) is 0 Å². The minimum absolute atomic E-state index is 0.306. The number of methoxy groups -OCH3 is 1. The third kappa shape index (κ3) is 3.35. The second-order valence-electron chi connectivity index (χ2n) is 11.0. The Morgan fingerprint density at radius 2 is 1.61 bits per heavy atom. The number of carbonyl (C=O) groups excluding carboxylic acids is 2. The number of rotatable bonds is 3. The number of imide groups is 1. The topological polar surface area (TPSA) is 68.2 Å². The molecule has 0 fully saturated rings. The van der Waals surface area contributed by atoms with Crippen molar-refractivity contribution in [1.82, 2.24) is 0 Å². The SMILES string of the molecule is COc1cc2c(c3c1OC(C)(C)C3)C(c1cccc(N3C(=O)c4ccccc4C3=O)c1)=NC(C)(C)C2. The lowest BCUT2D eigenvalue weighted by molar-refractivity contribution is 0.0926. The molecule has 6 rings (SSSR count). The Kier molecular flexibility index (Phi) is 4.71. The van der Waals surface area contributed by atoms with Crippen molar-refractivity contribution < 1.29 is 19.1 Å². The molecule has 6 heteroatoms. The summed E-state index contributed by atoms with van der Waals surface area (Å²) in [5.41, 5.74) is 5.73. The highest BCUT2D eigenvalue weighted by Crippen LogP contribution is 2.48. The number of amides is 2. The van der Waals surface area contributed by atoms with Gasteiger partial charge in [-0.1, -0.05) is 24.3 Å². The fraction of sp³-hybridized carbons (Fsp3) is 0.300. The van der Waals surface area contributed by atoms with Crippen LogP contribution in [0.3, 0.4) is 0 Å². The largest absolute Gasteiger partial charge is 0.493 e. The number of anilines is 1. The molecule has 0 N–H and O–H groups in total. The Morgan fingerprint density at radius 3 is 2.28 bits per heavy atom. The van der Waals surface area contributed by atoms with Crippen molar-refractivity contribution in [2.24, 2.45) is 4.99 Å². The van der Waals surface area contributed by atoms with Gasteiger partial charge in [-0.05, 0) is 70.0 Å². The van der Waals surface area contributed by atoms with E-state index in [1.54, 1.807) is 37.4 Å². The first kappa shape index (κ1) is 22.5. The third-order valence-corrected chi connectivity index (χ3v) is 7.07. The number of aliphatic imine (C=N–C) groups is 1. The van der Waals surface area contributed by atoms with Gasteiger partial charge in [-0.15, -0.1) is 0 Å². The van der Waals surface area contributed by atoms with Gasteiger partial charge < -0.3 is 9.47 Å². The van der Waals surface area contributed by atoms with Gasteiger partial charge in [0.1, 0.15) is 5.60 Å². The quantitative estimate of drug-likeness (QED) is 0.472. The minimum Gasteiger partial charge on any atom is -0.493 e. The molecule has 0 aromatic heterocycles.